The first-order chi connectivity index (χ1) is 32.8. The summed E-state index contributed by atoms with van der Waals surface area (Å²) < 4.78 is 66.7. The molecule has 6 saturated heterocycles. The molecule has 0 radical (unpaired) electrons. The van der Waals surface area contributed by atoms with Crippen LogP contribution in [0, 0.1) is 0 Å². The summed E-state index contributed by atoms with van der Waals surface area (Å²) in [6, 6.07) is 0. The van der Waals surface area contributed by atoms with Gasteiger partial charge in [0.1, 0.15) is 146 Å². The lowest BCUT2D eigenvalue weighted by atomic mass is 9.95. The minimum atomic E-state index is -2.25. The largest absolute Gasteiger partial charge is 0.394 e. The van der Waals surface area contributed by atoms with Crippen LogP contribution in [0.15, 0.2) is 0 Å². The third kappa shape index (κ3) is 11.8. The maximum Gasteiger partial charge on any atom is 0.187 e. The number of hydrogen-bond acceptors (Lipinski definition) is 31. The first-order valence-corrected chi connectivity index (χ1v) is 22.1. The minimum absolute atomic E-state index is 0.00882. The molecule has 0 aromatic rings. The predicted molar refractivity (Wildman–Crippen MR) is 209 cm³/mol. The normalized spacial score (nSPS) is 52.2. The molecule has 30 atom stereocenters. The molecule has 0 spiro atoms. The number of hydrogen-bond donors (Lipinski definition) is 19. The van der Waals surface area contributed by atoms with E-state index in [-0.39, 0.29) is 6.61 Å². The zero-order valence-electron chi connectivity index (χ0n) is 36.7. The van der Waals surface area contributed by atoms with Crippen LogP contribution >= 0.6 is 0 Å². The van der Waals surface area contributed by atoms with Crippen LogP contribution in [0.1, 0.15) is 6.92 Å². The Morgan fingerprint density at radius 3 is 0.696 bits per heavy atom. The van der Waals surface area contributed by atoms with Gasteiger partial charge in [-0.05, 0) is 6.92 Å². The summed E-state index contributed by atoms with van der Waals surface area (Å²) in [5, 5.41) is 203. The molecule has 0 amide bonds. The number of rotatable bonds is 18. The van der Waals surface area contributed by atoms with Crippen molar-refractivity contribution in [2.45, 2.75) is 191 Å². The van der Waals surface area contributed by atoms with Crippen molar-refractivity contribution in [3.05, 3.63) is 0 Å². The summed E-state index contributed by atoms with van der Waals surface area (Å²) in [6.07, 6.45) is -57.1. The Balaban J connectivity index is 1.19. The quantitative estimate of drug-likeness (QED) is 0.0606. The Kier molecular flexibility index (Phi) is 20.6. The van der Waals surface area contributed by atoms with Crippen LogP contribution in [0.5, 0.6) is 0 Å². The van der Waals surface area contributed by atoms with Gasteiger partial charge in [-0.3, -0.25) is 0 Å². The highest BCUT2D eigenvalue weighted by atomic mass is 16.8. The van der Waals surface area contributed by atoms with Gasteiger partial charge in [0, 0.05) is 6.61 Å². The molecule has 6 fully saturated rings. The van der Waals surface area contributed by atoms with E-state index in [9.17, 15) is 97.0 Å². The van der Waals surface area contributed by atoms with E-state index in [4.69, 9.17) is 56.8 Å². The molecule has 6 rings (SSSR count). The molecule has 404 valence electrons. The van der Waals surface area contributed by atoms with Gasteiger partial charge in [-0.15, -0.1) is 0 Å². The van der Waals surface area contributed by atoms with Gasteiger partial charge in [0.2, 0.25) is 0 Å². The summed E-state index contributed by atoms with van der Waals surface area (Å²) in [4.78, 5) is 0. The van der Waals surface area contributed by atoms with Crippen molar-refractivity contribution in [1.82, 2.24) is 0 Å². The molecule has 0 bridgehead atoms. The summed E-state index contributed by atoms with van der Waals surface area (Å²) >= 11 is 0. The lowest BCUT2D eigenvalue weighted by Gasteiger charge is -2.50. The first kappa shape index (κ1) is 57.0. The molecule has 30 unspecified atom stereocenters. The van der Waals surface area contributed by atoms with Crippen LogP contribution in [-0.4, -0.2) is 328 Å². The summed E-state index contributed by atoms with van der Waals surface area (Å²) in [5.74, 6) is 0. The summed E-state index contributed by atoms with van der Waals surface area (Å²) in [6.45, 7) is -4.08. The molecule has 0 aromatic carbocycles. The average molecular weight is 1020 g/mol. The van der Waals surface area contributed by atoms with Gasteiger partial charge in [-0.1, -0.05) is 0 Å². The van der Waals surface area contributed by atoms with E-state index in [0.29, 0.717) is 0 Å². The van der Waals surface area contributed by atoms with Gasteiger partial charge in [-0.25, -0.2) is 0 Å². The van der Waals surface area contributed by atoms with E-state index in [1.807, 2.05) is 0 Å². The highest BCUT2D eigenvalue weighted by Gasteiger charge is 2.58. The molecule has 6 aliphatic heterocycles. The predicted octanol–water partition coefficient (Wildman–Crippen LogP) is -13.1. The van der Waals surface area contributed by atoms with Gasteiger partial charge in [-0.2, -0.15) is 0 Å². The van der Waals surface area contributed by atoms with Crippen molar-refractivity contribution in [3.63, 3.8) is 0 Å². The Morgan fingerprint density at radius 1 is 0.261 bits per heavy atom. The van der Waals surface area contributed by atoms with Gasteiger partial charge in [0.15, 0.2) is 37.7 Å². The average Bonchev–Trinajstić information content (AvgIpc) is 3.33. The fourth-order valence-corrected chi connectivity index (χ4v) is 8.78. The first-order valence-electron chi connectivity index (χ1n) is 22.1. The van der Waals surface area contributed by atoms with Gasteiger partial charge < -0.3 is 154 Å². The number of aliphatic hydroxyl groups excluding tert-OH is 19. The molecule has 0 aromatic heterocycles. The molecule has 19 N–H and O–H groups in total. The molecule has 0 aliphatic carbocycles. The van der Waals surface area contributed by atoms with E-state index < -0.39 is 224 Å². The summed E-state index contributed by atoms with van der Waals surface area (Å²) in [5.41, 5.74) is 0. The SMILES string of the molecule is CCOC1OC(CO)C(O)C(OC2OC(CO)C(O)C(OC3OC(CO)C(O)C(OC4OC(CO)C(O)C(OC5OC(CO)C(O)C(OC6OC(CO)C(O)C(O)C6O)C5O)C4O)C3O)C2O)C1O. The molecule has 6 aliphatic rings. The van der Waals surface area contributed by atoms with Crippen molar-refractivity contribution in [3.8, 4) is 0 Å². The molecule has 69 heavy (non-hydrogen) atoms. The molecular weight excluding hydrogens is 952 g/mol. The van der Waals surface area contributed by atoms with Crippen LogP contribution in [0.4, 0.5) is 0 Å². The lowest BCUT2D eigenvalue weighted by molar-refractivity contribution is -0.398. The monoisotopic (exact) mass is 1020 g/mol. The van der Waals surface area contributed by atoms with Crippen molar-refractivity contribution in [2.24, 2.45) is 0 Å². The van der Waals surface area contributed by atoms with Crippen LogP contribution in [-0.2, 0) is 56.8 Å². The molecule has 0 saturated carbocycles. The zero-order chi connectivity index (χ0) is 50.8. The van der Waals surface area contributed by atoms with Gasteiger partial charge in [0.05, 0.1) is 39.6 Å². The van der Waals surface area contributed by atoms with E-state index in [1.54, 1.807) is 6.92 Å². The van der Waals surface area contributed by atoms with E-state index >= 15 is 0 Å². The highest BCUT2D eigenvalue weighted by molar-refractivity contribution is 5.00. The zero-order valence-corrected chi connectivity index (χ0v) is 36.7. The molecular formula is C38H66O31. The maximum atomic E-state index is 11.6. The van der Waals surface area contributed by atoms with Crippen LogP contribution in [0.3, 0.4) is 0 Å². The van der Waals surface area contributed by atoms with E-state index in [0.717, 1.165) is 0 Å². The van der Waals surface area contributed by atoms with Crippen molar-refractivity contribution in [2.75, 3.05) is 46.2 Å². The third-order valence-electron chi connectivity index (χ3n) is 12.7. The fourth-order valence-electron chi connectivity index (χ4n) is 8.78. The van der Waals surface area contributed by atoms with Crippen molar-refractivity contribution >= 4 is 0 Å². The number of aliphatic hydroxyl groups is 19. The molecule has 6 heterocycles. The Bertz CT molecular complexity index is 1540. The fraction of sp³-hybridized carbons (Fsp3) is 1.00. The van der Waals surface area contributed by atoms with Crippen LogP contribution in [0.2, 0.25) is 0 Å². The highest BCUT2D eigenvalue weighted by Crippen LogP contribution is 2.37. The van der Waals surface area contributed by atoms with Crippen LogP contribution in [0.25, 0.3) is 0 Å². The van der Waals surface area contributed by atoms with Gasteiger partial charge >= 0.3 is 0 Å². The standard InChI is InChI=1S/C38H66O31/c1-2-58-33-23(53)28(16(46)10(4-40)59-33)66-35-25(55)30(18(48)12(6-42)61-35)68-37-27(57)32(20(50)14(8-44)63-37)69-38-26(56)31(19(49)13(7-43)64-38)67-36-24(54)29(17(47)11(5-41)62-36)65-34-22(52)21(51)15(45)9(3-39)60-34/h9-57H,2-8H2,1H3. The van der Waals surface area contributed by atoms with Crippen molar-refractivity contribution < 1.29 is 154 Å². The van der Waals surface area contributed by atoms with E-state index in [2.05, 4.69) is 0 Å². The smallest absolute Gasteiger partial charge is 0.187 e. The van der Waals surface area contributed by atoms with Crippen molar-refractivity contribution in [1.29, 1.82) is 0 Å². The Labute approximate surface area is 391 Å². The topological polar surface area (TPSA) is 495 Å². The third-order valence-corrected chi connectivity index (χ3v) is 12.7. The second-order valence-electron chi connectivity index (χ2n) is 17.2. The Morgan fingerprint density at radius 2 is 0.464 bits per heavy atom. The lowest BCUT2D eigenvalue weighted by Crippen LogP contribution is -2.68. The molecule has 31 heteroatoms. The minimum Gasteiger partial charge on any atom is -0.394 e. The second kappa shape index (κ2) is 24.9. The van der Waals surface area contributed by atoms with Gasteiger partial charge in [0.25, 0.3) is 0 Å². The molecule has 31 nitrogen and oxygen atoms in total. The number of ether oxygens (including phenoxy) is 12. The second-order valence-corrected chi connectivity index (χ2v) is 17.2. The summed E-state index contributed by atoms with van der Waals surface area (Å²) in [7, 11) is 0. The Hall–Kier alpha value is -1.24. The van der Waals surface area contributed by atoms with Crippen LogP contribution < -0.4 is 0 Å². The van der Waals surface area contributed by atoms with E-state index in [1.165, 1.54) is 0 Å². The maximum absolute atomic E-state index is 11.6.